The first-order valence-corrected chi connectivity index (χ1v) is 8.78. The maximum atomic E-state index is 12.1. The number of rotatable bonds is 10. The van der Waals surface area contributed by atoms with Gasteiger partial charge in [0, 0.05) is 12.6 Å². The van der Waals surface area contributed by atoms with Gasteiger partial charge in [-0.25, -0.2) is 4.79 Å². The molecular weight excluding hydrogens is 400 g/mol. The minimum absolute atomic E-state index is 0.0101. The van der Waals surface area contributed by atoms with E-state index in [1.807, 2.05) is 0 Å². The molecule has 1 N–H and O–H groups in total. The van der Waals surface area contributed by atoms with Gasteiger partial charge >= 0.3 is 12.6 Å². The second-order valence-electron chi connectivity index (χ2n) is 5.85. The van der Waals surface area contributed by atoms with Crippen LogP contribution in [-0.4, -0.2) is 39.3 Å². The van der Waals surface area contributed by atoms with Gasteiger partial charge in [0.25, 0.3) is 5.91 Å². The smallest absolute Gasteiger partial charge is 0.387 e. The van der Waals surface area contributed by atoms with Gasteiger partial charge in [0.05, 0.1) is 14.2 Å². The fourth-order valence-electron chi connectivity index (χ4n) is 2.35. The molecule has 2 aromatic carbocycles. The van der Waals surface area contributed by atoms with Crippen LogP contribution < -0.4 is 19.5 Å². The summed E-state index contributed by atoms with van der Waals surface area (Å²) in [6.45, 7) is -3.13. The highest BCUT2D eigenvalue weighted by Gasteiger charge is 2.08. The highest BCUT2D eigenvalue weighted by molar-refractivity contribution is 5.89. The zero-order valence-corrected chi connectivity index (χ0v) is 16.4. The lowest BCUT2D eigenvalue weighted by molar-refractivity contribution is -0.143. The van der Waals surface area contributed by atoms with Crippen LogP contribution in [0.4, 0.5) is 8.78 Å². The number of amides is 1. The highest BCUT2D eigenvalue weighted by atomic mass is 19.3. The van der Waals surface area contributed by atoms with Crippen LogP contribution >= 0.6 is 0 Å². The van der Waals surface area contributed by atoms with Crippen molar-refractivity contribution in [3.63, 3.8) is 0 Å². The van der Waals surface area contributed by atoms with Gasteiger partial charge in [-0.05, 0) is 41.5 Å². The van der Waals surface area contributed by atoms with Gasteiger partial charge in [-0.1, -0.05) is 18.2 Å². The molecule has 0 fully saturated rings. The third kappa shape index (κ3) is 7.42. The van der Waals surface area contributed by atoms with Crippen molar-refractivity contribution < 1.29 is 37.3 Å². The molecule has 9 heteroatoms. The van der Waals surface area contributed by atoms with Gasteiger partial charge in [-0.15, -0.1) is 0 Å². The number of benzene rings is 2. The van der Waals surface area contributed by atoms with E-state index < -0.39 is 25.1 Å². The summed E-state index contributed by atoms with van der Waals surface area (Å²) in [4.78, 5) is 23.6. The van der Waals surface area contributed by atoms with Gasteiger partial charge in [-0.3, -0.25) is 4.79 Å². The molecule has 2 aromatic rings. The van der Waals surface area contributed by atoms with Crippen molar-refractivity contribution in [3.05, 3.63) is 59.7 Å². The maximum absolute atomic E-state index is 12.1. The summed E-state index contributed by atoms with van der Waals surface area (Å²) < 4.78 is 43.6. The molecule has 0 aliphatic carbocycles. The Balaban J connectivity index is 1.76. The van der Waals surface area contributed by atoms with Crippen LogP contribution in [0.5, 0.6) is 17.2 Å². The quantitative estimate of drug-likeness (QED) is 0.469. The van der Waals surface area contributed by atoms with Crippen molar-refractivity contribution in [1.82, 2.24) is 5.32 Å². The first-order chi connectivity index (χ1) is 14.4. The molecule has 30 heavy (non-hydrogen) atoms. The Hall–Kier alpha value is -3.62. The van der Waals surface area contributed by atoms with Crippen LogP contribution in [0, 0.1) is 0 Å². The fourth-order valence-corrected chi connectivity index (χ4v) is 2.35. The van der Waals surface area contributed by atoms with Gasteiger partial charge in [0.1, 0.15) is 5.75 Å². The molecule has 0 aliphatic rings. The third-order valence-corrected chi connectivity index (χ3v) is 3.80. The molecular formula is C21H21F2NO6. The van der Waals surface area contributed by atoms with Gasteiger partial charge < -0.3 is 24.3 Å². The molecule has 160 valence electrons. The highest BCUT2D eigenvalue weighted by Crippen LogP contribution is 2.27. The van der Waals surface area contributed by atoms with Crippen molar-refractivity contribution >= 4 is 18.0 Å². The van der Waals surface area contributed by atoms with Crippen molar-refractivity contribution in [2.75, 3.05) is 20.8 Å². The molecule has 0 aliphatic heterocycles. The number of carbonyl (C=O) groups excluding carboxylic acids is 2. The largest absolute Gasteiger partial charge is 0.493 e. The average molecular weight is 421 g/mol. The Morgan fingerprint density at radius 3 is 2.37 bits per heavy atom. The first kappa shape index (κ1) is 22.7. The van der Waals surface area contributed by atoms with E-state index in [0.29, 0.717) is 17.1 Å². The zero-order valence-electron chi connectivity index (χ0n) is 16.4. The summed E-state index contributed by atoms with van der Waals surface area (Å²) in [5.41, 5.74) is 1.36. The summed E-state index contributed by atoms with van der Waals surface area (Å²) in [6, 6.07) is 10.9. The topological polar surface area (TPSA) is 83.1 Å². The van der Waals surface area contributed by atoms with Crippen LogP contribution in [0.15, 0.2) is 48.5 Å². The molecule has 0 spiro atoms. The molecule has 0 aromatic heterocycles. The molecule has 0 bridgehead atoms. The summed E-state index contributed by atoms with van der Waals surface area (Å²) in [6.07, 6.45) is 2.56. The van der Waals surface area contributed by atoms with Crippen LogP contribution in [0.3, 0.4) is 0 Å². The lowest BCUT2D eigenvalue weighted by Crippen LogP contribution is -2.28. The van der Waals surface area contributed by atoms with E-state index in [-0.39, 0.29) is 12.3 Å². The van der Waals surface area contributed by atoms with E-state index >= 15 is 0 Å². The molecule has 7 nitrogen and oxygen atoms in total. The predicted molar refractivity (Wildman–Crippen MR) is 104 cm³/mol. The summed E-state index contributed by atoms with van der Waals surface area (Å²) in [5, 5.41) is 2.63. The predicted octanol–water partition coefficient (Wildman–Crippen LogP) is 3.18. The number of halogens is 2. The number of ether oxygens (including phenoxy) is 4. The summed E-state index contributed by atoms with van der Waals surface area (Å²) >= 11 is 0. The lowest BCUT2D eigenvalue weighted by atomic mass is 10.2. The molecule has 0 heterocycles. The minimum atomic E-state index is -2.90. The lowest BCUT2D eigenvalue weighted by Gasteiger charge is -2.10. The van der Waals surface area contributed by atoms with E-state index in [9.17, 15) is 18.4 Å². The molecule has 2 rings (SSSR count). The Kier molecular flexibility index (Phi) is 8.61. The monoisotopic (exact) mass is 421 g/mol. The number of hydrogen-bond donors (Lipinski definition) is 1. The van der Waals surface area contributed by atoms with Gasteiger partial charge in [-0.2, -0.15) is 8.78 Å². The minimum Gasteiger partial charge on any atom is -0.493 e. The Bertz CT molecular complexity index is 884. The number of carbonyl (C=O) groups is 2. The second-order valence-corrected chi connectivity index (χ2v) is 5.85. The zero-order chi connectivity index (χ0) is 21.9. The molecule has 0 saturated carbocycles. The van der Waals surface area contributed by atoms with Gasteiger partial charge in [0.2, 0.25) is 0 Å². The first-order valence-electron chi connectivity index (χ1n) is 8.78. The summed E-state index contributed by atoms with van der Waals surface area (Å²) in [7, 11) is 3.04. The van der Waals surface area contributed by atoms with Crippen molar-refractivity contribution in [1.29, 1.82) is 0 Å². The maximum Gasteiger partial charge on any atom is 0.387 e. The number of esters is 1. The number of methoxy groups -OCH3 is 2. The van der Waals surface area contributed by atoms with Crippen LogP contribution in [0.2, 0.25) is 0 Å². The van der Waals surface area contributed by atoms with E-state index in [1.54, 1.807) is 18.2 Å². The Labute approximate surface area is 172 Å². The average Bonchev–Trinajstić information content (AvgIpc) is 2.75. The van der Waals surface area contributed by atoms with E-state index in [2.05, 4.69) is 10.1 Å². The van der Waals surface area contributed by atoms with Crippen molar-refractivity contribution in [2.24, 2.45) is 0 Å². The molecule has 0 atom stereocenters. The number of hydrogen-bond acceptors (Lipinski definition) is 6. The molecule has 1 amide bonds. The van der Waals surface area contributed by atoms with Crippen LogP contribution in [0.1, 0.15) is 11.1 Å². The summed E-state index contributed by atoms with van der Waals surface area (Å²) in [5.74, 6) is -0.0702. The van der Waals surface area contributed by atoms with Crippen LogP contribution in [0.25, 0.3) is 6.08 Å². The molecule has 0 unspecified atom stereocenters. The van der Waals surface area contributed by atoms with Crippen molar-refractivity contribution in [2.45, 2.75) is 13.2 Å². The van der Waals surface area contributed by atoms with E-state index in [1.165, 1.54) is 44.6 Å². The number of alkyl halides is 2. The van der Waals surface area contributed by atoms with Gasteiger partial charge in [0.15, 0.2) is 18.1 Å². The third-order valence-electron chi connectivity index (χ3n) is 3.80. The number of nitrogens with one attached hydrogen (secondary N) is 1. The standard InChI is InChI=1S/C21H21F2NO6/c1-27-17-9-5-15(11-18(17)28-2)12-24-19(25)13-29-20(26)10-6-14-3-7-16(8-4-14)30-21(22)23/h3-11,21H,12-13H2,1-2H3,(H,24,25)/b10-6+. The molecule has 0 saturated heterocycles. The Morgan fingerprint density at radius 1 is 1.03 bits per heavy atom. The van der Waals surface area contributed by atoms with E-state index in [4.69, 9.17) is 14.2 Å². The Morgan fingerprint density at radius 2 is 1.73 bits per heavy atom. The fraction of sp³-hybridized carbons (Fsp3) is 0.238. The molecule has 0 radical (unpaired) electrons. The van der Waals surface area contributed by atoms with E-state index in [0.717, 1.165) is 11.6 Å². The normalized spacial score (nSPS) is 10.7. The second kappa shape index (κ2) is 11.4. The SMILES string of the molecule is COc1ccc(CNC(=O)COC(=O)/C=C/c2ccc(OC(F)F)cc2)cc1OC. The van der Waals surface area contributed by atoms with Crippen LogP contribution in [-0.2, 0) is 20.9 Å². The van der Waals surface area contributed by atoms with Crippen molar-refractivity contribution in [3.8, 4) is 17.2 Å².